The highest BCUT2D eigenvalue weighted by molar-refractivity contribution is 5.66. The lowest BCUT2D eigenvalue weighted by Crippen LogP contribution is -2.32. The van der Waals surface area contributed by atoms with Crippen molar-refractivity contribution in [1.82, 2.24) is 5.32 Å². The maximum atomic E-state index is 11.5. The van der Waals surface area contributed by atoms with Crippen LogP contribution in [0.4, 0.5) is 13.2 Å². The summed E-state index contributed by atoms with van der Waals surface area (Å²) in [7, 11) is 0. The molecule has 84 valence electrons. The van der Waals surface area contributed by atoms with Gasteiger partial charge in [-0.2, -0.15) is 13.2 Å². The Morgan fingerprint density at radius 1 is 1.14 bits per heavy atom. The first kappa shape index (κ1) is 13.2. The molecule has 0 aliphatic carbocycles. The van der Waals surface area contributed by atoms with Crippen molar-refractivity contribution in [2.45, 2.75) is 38.4 Å². The number of hydrogen-bond acceptors (Lipinski definition) is 2. The molecule has 14 heavy (non-hydrogen) atoms. The van der Waals surface area contributed by atoms with E-state index in [0.717, 1.165) is 0 Å². The molecule has 0 atom stereocenters. The lowest BCUT2D eigenvalue weighted by atomic mass is 10.1. The smallest absolute Gasteiger partial charge is 0.457 e. The standard InChI is InChI=1S/C8H14F3NO2/c9-8(10,11)12-6-4-2-1-3-5-7(13)14/h12H,1-6H2,(H,13,14). The van der Waals surface area contributed by atoms with Crippen molar-refractivity contribution >= 4 is 5.97 Å². The van der Waals surface area contributed by atoms with Crippen molar-refractivity contribution in [1.29, 1.82) is 0 Å². The summed E-state index contributed by atoms with van der Waals surface area (Å²) in [5.41, 5.74) is 0. The number of unbranched alkanes of at least 4 members (excludes halogenated alkanes) is 3. The quantitative estimate of drug-likeness (QED) is 0.503. The van der Waals surface area contributed by atoms with Gasteiger partial charge in [0.05, 0.1) is 0 Å². The number of hydrogen-bond donors (Lipinski definition) is 2. The van der Waals surface area contributed by atoms with E-state index in [1.807, 2.05) is 0 Å². The number of aliphatic carboxylic acids is 1. The Kier molecular flexibility index (Phi) is 6.27. The van der Waals surface area contributed by atoms with Gasteiger partial charge in [-0.3, -0.25) is 4.79 Å². The molecule has 0 saturated heterocycles. The minimum atomic E-state index is -4.30. The first-order valence-corrected chi connectivity index (χ1v) is 4.45. The van der Waals surface area contributed by atoms with Crippen molar-refractivity contribution < 1.29 is 23.1 Å². The number of nitrogens with one attached hydrogen (secondary N) is 1. The molecule has 6 heteroatoms. The van der Waals surface area contributed by atoms with Crippen molar-refractivity contribution in [3.8, 4) is 0 Å². The SMILES string of the molecule is O=C(O)CCCCCCNC(F)(F)F. The Bertz CT molecular complexity index is 170. The van der Waals surface area contributed by atoms with Crippen molar-refractivity contribution in [2.75, 3.05) is 6.54 Å². The average molecular weight is 213 g/mol. The predicted molar refractivity (Wildman–Crippen MR) is 44.8 cm³/mol. The molecule has 0 fully saturated rings. The molecular formula is C8H14F3NO2. The van der Waals surface area contributed by atoms with Gasteiger partial charge in [0.25, 0.3) is 0 Å². The van der Waals surface area contributed by atoms with Crippen LogP contribution >= 0.6 is 0 Å². The zero-order chi connectivity index (χ0) is 11.0. The van der Waals surface area contributed by atoms with Gasteiger partial charge in [-0.15, -0.1) is 0 Å². The highest BCUT2D eigenvalue weighted by Gasteiger charge is 2.25. The first-order chi connectivity index (χ1) is 6.42. The third-order valence-corrected chi connectivity index (χ3v) is 1.64. The van der Waals surface area contributed by atoms with Gasteiger partial charge >= 0.3 is 12.3 Å². The Morgan fingerprint density at radius 3 is 2.21 bits per heavy atom. The molecule has 3 nitrogen and oxygen atoms in total. The van der Waals surface area contributed by atoms with Crippen LogP contribution in [0, 0.1) is 0 Å². The van der Waals surface area contributed by atoms with E-state index in [1.165, 1.54) is 5.32 Å². The normalized spacial score (nSPS) is 11.6. The first-order valence-electron chi connectivity index (χ1n) is 4.45. The van der Waals surface area contributed by atoms with Gasteiger partial charge in [-0.1, -0.05) is 12.8 Å². The maximum absolute atomic E-state index is 11.5. The Balaban J connectivity index is 3.11. The molecule has 0 aliphatic heterocycles. The van der Waals surface area contributed by atoms with E-state index in [4.69, 9.17) is 5.11 Å². The molecule has 0 saturated carbocycles. The van der Waals surface area contributed by atoms with Crippen LogP contribution in [0.15, 0.2) is 0 Å². The van der Waals surface area contributed by atoms with Crippen molar-refractivity contribution in [3.63, 3.8) is 0 Å². The van der Waals surface area contributed by atoms with E-state index in [1.54, 1.807) is 0 Å². The van der Waals surface area contributed by atoms with Crippen LogP contribution in [0.3, 0.4) is 0 Å². The van der Waals surface area contributed by atoms with E-state index < -0.39 is 12.3 Å². The van der Waals surface area contributed by atoms with E-state index in [0.29, 0.717) is 25.7 Å². The number of carboxylic acid groups (broad SMARTS) is 1. The fraction of sp³-hybridized carbons (Fsp3) is 0.875. The molecule has 2 N–H and O–H groups in total. The summed E-state index contributed by atoms with van der Waals surface area (Å²) < 4.78 is 34.6. The van der Waals surface area contributed by atoms with E-state index in [2.05, 4.69) is 0 Å². The van der Waals surface area contributed by atoms with Crippen LogP contribution in [0.2, 0.25) is 0 Å². The molecule has 0 unspecified atom stereocenters. The molecule has 0 aromatic heterocycles. The fourth-order valence-corrected chi connectivity index (χ4v) is 0.985. The van der Waals surface area contributed by atoms with Gasteiger partial charge in [-0.25, -0.2) is 5.32 Å². The predicted octanol–water partition coefficient (Wildman–Crippen LogP) is 2.13. The molecule has 0 bridgehead atoms. The van der Waals surface area contributed by atoms with Crippen LogP contribution in [0.25, 0.3) is 0 Å². The van der Waals surface area contributed by atoms with Crippen LogP contribution in [0.1, 0.15) is 32.1 Å². The van der Waals surface area contributed by atoms with Gasteiger partial charge in [0.2, 0.25) is 0 Å². The molecule has 0 amide bonds. The van der Waals surface area contributed by atoms with Crippen molar-refractivity contribution in [2.24, 2.45) is 0 Å². The Morgan fingerprint density at radius 2 is 1.71 bits per heavy atom. The van der Waals surface area contributed by atoms with E-state index in [9.17, 15) is 18.0 Å². The molecule has 0 spiro atoms. The van der Waals surface area contributed by atoms with Gasteiger partial charge in [0.15, 0.2) is 0 Å². The monoisotopic (exact) mass is 213 g/mol. The summed E-state index contributed by atoms with van der Waals surface area (Å²) in [4.78, 5) is 10.1. The molecule has 0 radical (unpaired) electrons. The zero-order valence-corrected chi connectivity index (χ0v) is 7.73. The van der Waals surface area contributed by atoms with Crippen LogP contribution in [0.5, 0.6) is 0 Å². The van der Waals surface area contributed by atoms with E-state index in [-0.39, 0.29) is 13.0 Å². The highest BCUT2D eigenvalue weighted by Crippen LogP contribution is 2.10. The maximum Gasteiger partial charge on any atom is 0.457 e. The van der Waals surface area contributed by atoms with Gasteiger partial charge in [-0.05, 0) is 12.8 Å². The summed E-state index contributed by atoms with van der Waals surface area (Å²) >= 11 is 0. The number of halogens is 3. The minimum absolute atomic E-state index is 0.0900. The Labute approximate surface area is 80.3 Å². The molecular weight excluding hydrogens is 199 g/mol. The van der Waals surface area contributed by atoms with Crippen molar-refractivity contribution in [3.05, 3.63) is 0 Å². The summed E-state index contributed by atoms with van der Waals surface area (Å²) in [5, 5.41) is 9.67. The van der Waals surface area contributed by atoms with Gasteiger partial charge in [0.1, 0.15) is 0 Å². The number of carbonyl (C=O) groups is 1. The number of rotatable bonds is 7. The molecule has 0 heterocycles. The number of carboxylic acids is 1. The molecule has 0 aromatic carbocycles. The molecule has 0 aromatic rings. The second-order valence-electron chi connectivity index (χ2n) is 2.98. The average Bonchev–Trinajstić information content (AvgIpc) is 2.00. The van der Waals surface area contributed by atoms with Gasteiger partial charge in [0, 0.05) is 13.0 Å². The minimum Gasteiger partial charge on any atom is -0.481 e. The second-order valence-corrected chi connectivity index (χ2v) is 2.98. The summed E-state index contributed by atoms with van der Waals surface area (Å²) in [6.45, 7) is -0.101. The van der Waals surface area contributed by atoms with Gasteiger partial charge < -0.3 is 5.11 Å². The summed E-state index contributed by atoms with van der Waals surface area (Å²) in [5.74, 6) is -0.863. The number of alkyl halides is 3. The second kappa shape index (κ2) is 6.64. The largest absolute Gasteiger partial charge is 0.481 e. The topological polar surface area (TPSA) is 49.3 Å². The van der Waals surface area contributed by atoms with Crippen LogP contribution in [-0.2, 0) is 4.79 Å². The summed E-state index contributed by atoms with van der Waals surface area (Å²) in [6, 6.07) is 0. The molecule has 0 rings (SSSR count). The Hall–Kier alpha value is -0.780. The molecule has 0 aliphatic rings. The third kappa shape index (κ3) is 11.2. The lowest BCUT2D eigenvalue weighted by Gasteiger charge is -2.07. The third-order valence-electron chi connectivity index (χ3n) is 1.64. The zero-order valence-electron chi connectivity index (χ0n) is 7.73. The van der Waals surface area contributed by atoms with E-state index >= 15 is 0 Å². The van der Waals surface area contributed by atoms with Crippen LogP contribution < -0.4 is 5.32 Å². The highest BCUT2D eigenvalue weighted by atomic mass is 19.4. The fourth-order valence-electron chi connectivity index (χ4n) is 0.985. The summed E-state index contributed by atoms with van der Waals surface area (Å²) in [6.07, 6.45) is -1.99. The van der Waals surface area contributed by atoms with Crippen LogP contribution in [-0.4, -0.2) is 23.9 Å². The lowest BCUT2D eigenvalue weighted by molar-refractivity contribution is -0.156.